The minimum absolute atomic E-state index is 0.885. The molecule has 0 aromatic rings. The Balaban J connectivity index is 2.66. The molecule has 0 aromatic carbocycles. The van der Waals surface area contributed by atoms with Gasteiger partial charge in [0.25, 0.3) is 0 Å². The van der Waals surface area contributed by atoms with E-state index in [2.05, 4.69) is 0 Å². The highest BCUT2D eigenvalue weighted by Gasteiger charge is 1.66. The number of hydrogen-bond donors (Lipinski definition) is 0. The van der Waals surface area contributed by atoms with Crippen LogP contribution in [0.2, 0.25) is 0 Å². The maximum atomic E-state index is 5.01. The Labute approximate surface area is 39.2 Å². The van der Waals surface area contributed by atoms with Crippen LogP contribution in [0.4, 0.5) is 0 Å². The number of rotatable bonds is 3. The van der Waals surface area contributed by atoms with E-state index in [1.54, 1.807) is 12.2 Å². The van der Waals surface area contributed by atoms with Crippen molar-refractivity contribution in [3.8, 4) is 0 Å². The minimum Gasteiger partial charge on any atom is -0.0842 e. The summed E-state index contributed by atoms with van der Waals surface area (Å²) in [6.45, 7) is 10.0. The molecule has 2 radical (unpaired) electrons. The molecule has 6 heavy (non-hydrogen) atoms. The number of hydrogen-bond acceptors (Lipinski definition) is 0. The zero-order valence-corrected chi connectivity index (χ0v) is 3.72. The molecule has 0 aromatic heterocycles. The summed E-state index contributed by atoms with van der Waals surface area (Å²) in [5.41, 5.74) is 0. The van der Waals surface area contributed by atoms with Crippen LogP contribution < -0.4 is 0 Å². The molecule has 0 N–H and O–H groups in total. The van der Waals surface area contributed by atoms with Gasteiger partial charge in [-0.25, -0.2) is 0 Å². The standard InChI is InChI=1S/C6H8/c1-3-5-6-4-2/h1-4H,5-6H2. The maximum absolute atomic E-state index is 5.01. The lowest BCUT2D eigenvalue weighted by molar-refractivity contribution is 1.06. The average Bonchev–Trinajstić information content (AvgIpc) is 1.61. The Morgan fingerprint density at radius 2 is 1.33 bits per heavy atom. The first-order chi connectivity index (χ1) is 2.91. The van der Waals surface area contributed by atoms with Gasteiger partial charge in [-0.2, -0.15) is 0 Å². The highest BCUT2D eigenvalue weighted by atomic mass is 13.7. The predicted molar refractivity (Wildman–Crippen MR) is 27.0 cm³/mol. The van der Waals surface area contributed by atoms with Gasteiger partial charge in [0, 0.05) is 0 Å². The summed E-state index contributed by atoms with van der Waals surface area (Å²) in [6, 6.07) is 0. The quantitative estimate of drug-likeness (QED) is 0.453. The lowest BCUT2D eigenvalue weighted by atomic mass is 10.3. The molecule has 0 heteroatoms. The van der Waals surface area contributed by atoms with Crippen LogP contribution in [0.5, 0.6) is 0 Å². The third-order valence-corrected chi connectivity index (χ3v) is 0.500. The number of allylic oxidation sites excluding steroid dienone is 2. The van der Waals surface area contributed by atoms with E-state index in [-0.39, 0.29) is 0 Å². The summed E-state index contributed by atoms with van der Waals surface area (Å²) in [6.07, 6.45) is 4.97. The van der Waals surface area contributed by atoms with Gasteiger partial charge in [0.1, 0.15) is 0 Å². The highest BCUT2D eigenvalue weighted by molar-refractivity contribution is 4.70. The molecular weight excluding hydrogens is 72.1 g/mol. The van der Waals surface area contributed by atoms with Crippen LogP contribution in [0.15, 0.2) is 12.2 Å². The first-order valence-corrected chi connectivity index (χ1v) is 1.98. The SMILES string of the molecule is [CH]=CCCC=[CH]. The predicted octanol–water partition coefficient (Wildman–Crippen LogP) is 1.74. The Hall–Kier alpha value is -0.520. The normalized spacial score (nSPS) is 7.33. The van der Waals surface area contributed by atoms with E-state index in [9.17, 15) is 0 Å². The Kier molecular flexibility index (Phi) is 4.09. The fourth-order valence-electron chi connectivity index (χ4n) is 0.192. The van der Waals surface area contributed by atoms with Crippen molar-refractivity contribution in [1.29, 1.82) is 0 Å². The van der Waals surface area contributed by atoms with E-state index in [1.807, 2.05) is 0 Å². The first kappa shape index (κ1) is 5.48. The van der Waals surface area contributed by atoms with E-state index < -0.39 is 0 Å². The van der Waals surface area contributed by atoms with Crippen molar-refractivity contribution >= 4 is 0 Å². The molecule has 0 saturated heterocycles. The summed E-state index contributed by atoms with van der Waals surface area (Å²) in [5, 5.41) is 0. The van der Waals surface area contributed by atoms with Gasteiger partial charge >= 0.3 is 0 Å². The van der Waals surface area contributed by atoms with Gasteiger partial charge in [0.2, 0.25) is 0 Å². The van der Waals surface area contributed by atoms with Gasteiger partial charge < -0.3 is 0 Å². The van der Waals surface area contributed by atoms with Crippen LogP contribution in [-0.2, 0) is 0 Å². The van der Waals surface area contributed by atoms with E-state index in [0.29, 0.717) is 0 Å². The van der Waals surface area contributed by atoms with Crippen molar-refractivity contribution in [1.82, 2.24) is 0 Å². The van der Waals surface area contributed by atoms with Gasteiger partial charge in [0.05, 0.1) is 0 Å². The third-order valence-electron chi connectivity index (χ3n) is 0.500. The molecule has 0 rings (SSSR count). The van der Waals surface area contributed by atoms with Crippen LogP contribution in [0.25, 0.3) is 0 Å². The van der Waals surface area contributed by atoms with E-state index in [4.69, 9.17) is 13.2 Å². The van der Waals surface area contributed by atoms with Gasteiger partial charge in [-0.3, -0.25) is 0 Å². The molecule has 0 nitrogen and oxygen atoms in total. The van der Waals surface area contributed by atoms with Gasteiger partial charge in [-0.15, -0.1) is 0 Å². The molecule has 0 aliphatic rings. The summed E-state index contributed by atoms with van der Waals surface area (Å²) >= 11 is 0. The van der Waals surface area contributed by atoms with Crippen molar-refractivity contribution in [3.63, 3.8) is 0 Å². The lowest BCUT2D eigenvalue weighted by Gasteiger charge is -1.76. The van der Waals surface area contributed by atoms with Gasteiger partial charge in [-0.1, -0.05) is 25.3 Å². The van der Waals surface area contributed by atoms with E-state index >= 15 is 0 Å². The maximum Gasteiger partial charge on any atom is -0.0313 e. The van der Waals surface area contributed by atoms with Gasteiger partial charge in [-0.05, 0) is 12.8 Å². The van der Waals surface area contributed by atoms with Gasteiger partial charge in [0.15, 0.2) is 0 Å². The number of unbranched alkanes of at least 4 members (excludes halogenated alkanes) is 1. The van der Waals surface area contributed by atoms with Crippen LogP contribution >= 0.6 is 0 Å². The largest absolute Gasteiger partial charge is 0.0842 e. The third kappa shape index (κ3) is 3.48. The average molecular weight is 80.1 g/mol. The topological polar surface area (TPSA) is 0 Å². The van der Waals surface area contributed by atoms with E-state index in [1.165, 1.54) is 0 Å². The molecule has 0 aliphatic heterocycles. The molecule has 0 bridgehead atoms. The molecule has 0 amide bonds. The summed E-state index contributed by atoms with van der Waals surface area (Å²) in [4.78, 5) is 0. The Bertz CT molecular complexity index is 36.0. The molecule has 0 atom stereocenters. The van der Waals surface area contributed by atoms with Crippen LogP contribution in [0.3, 0.4) is 0 Å². The fourth-order valence-corrected chi connectivity index (χ4v) is 0.192. The minimum atomic E-state index is 0.885. The van der Waals surface area contributed by atoms with Crippen molar-refractivity contribution < 1.29 is 0 Å². The summed E-state index contributed by atoms with van der Waals surface area (Å²) in [5.74, 6) is 0. The van der Waals surface area contributed by atoms with Crippen LogP contribution in [-0.4, -0.2) is 0 Å². The van der Waals surface area contributed by atoms with Crippen molar-refractivity contribution in [2.24, 2.45) is 0 Å². The molecule has 0 unspecified atom stereocenters. The van der Waals surface area contributed by atoms with Crippen molar-refractivity contribution in [3.05, 3.63) is 25.3 Å². The Morgan fingerprint density at radius 3 is 1.50 bits per heavy atom. The first-order valence-electron chi connectivity index (χ1n) is 1.98. The van der Waals surface area contributed by atoms with E-state index in [0.717, 1.165) is 12.8 Å². The smallest absolute Gasteiger partial charge is 0.0313 e. The molecule has 32 valence electrons. The highest BCUT2D eigenvalue weighted by Crippen LogP contribution is 1.85. The molecular formula is C6H8. The summed E-state index contributed by atoms with van der Waals surface area (Å²) < 4.78 is 0. The summed E-state index contributed by atoms with van der Waals surface area (Å²) in [7, 11) is 0. The molecule has 0 saturated carbocycles. The molecule has 0 fully saturated rings. The second kappa shape index (κ2) is 4.48. The van der Waals surface area contributed by atoms with Crippen molar-refractivity contribution in [2.45, 2.75) is 12.8 Å². The zero-order chi connectivity index (χ0) is 4.83. The molecule has 0 heterocycles. The molecule has 0 spiro atoms. The second-order valence-electron chi connectivity index (χ2n) is 1.05. The van der Waals surface area contributed by atoms with Crippen molar-refractivity contribution in [2.75, 3.05) is 0 Å². The molecule has 0 aliphatic carbocycles. The monoisotopic (exact) mass is 80.1 g/mol. The van der Waals surface area contributed by atoms with Crippen LogP contribution in [0.1, 0.15) is 12.8 Å². The zero-order valence-electron chi connectivity index (χ0n) is 3.72. The van der Waals surface area contributed by atoms with Crippen LogP contribution in [0, 0.1) is 13.2 Å². The second-order valence-corrected chi connectivity index (χ2v) is 1.05. The lowest BCUT2D eigenvalue weighted by Crippen LogP contribution is -1.56. The fraction of sp³-hybridized carbons (Fsp3) is 0.333. The Morgan fingerprint density at radius 1 is 1.00 bits per heavy atom.